The predicted molar refractivity (Wildman–Crippen MR) is 145 cm³/mol. The molecule has 1 fully saturated rings. The summed E-state index contributed by atoms with van der Waals surface area (Å²) in [7, 11) is -3.45. The number of hydrogen-bond donors (Lipinski definition) is 3. The summed E-state index contributed by atoms with van der Waals surface area (Å²) in [6.07, 6.45) is 4.82. The predicted octanol–water partition coefficient (Wildman–Crippen LogP) is 5.58. The van der Waals surface area contributed by atoms with Gasteiger partial charge >= 0.3 is 0 Å². The van der Waals surface area contributed by atoms with Crippen molar-refractivity contribution in [3.8, 4) is 5.75 Å². The standard InChI is InChI=1S/C26H32ClN5O3S/c1-16(2)35-23-14-19(18-9-11-28-12-10-18)17(3)13-22(23)31-26-29-15-20(27)25(32-26)30-21-7-5-6-8-24(21)36(4,33)34/h5-8,13-16,18,28H,9-12H2,1-4H3,(H2,29,30,31,32). The van der Waals surface area contributed by atoms with Crippen molar-refractivity contribution in [2.24, 2.45) is 0 Å². The van der Waals surface area contributed by atoms with Crippen LogP contribution in [0.1, 0.15) is 43.7 Å². The number of aryl methyl sites for hydroxylation is 1. The molecule has 1 aliphatic rings. The minimum absolute atomic E-state index is 0.00927. The number of rotatable bonds is 8. The highest BCUT2D eigenvalue weighted by Gasteiger charge is 2.21. The summed E-state index contributed by atoms with van der Waals surface area (Å²) in [5.41, 5.74) is 3.62. The number of piperidine rings is 1. The molecule has 1 aliphatic heterocycles. The number of anilines is 4. The quantitative estimate of drug-likeness (QED) is 0.347. The van der Waals surface area contributed by atoms with Gasteiger partial charge in [0.05, 0.1) is 28.6 Å². The van der Waals surface area contributed by atoms with Crippen molar-refractivity contribution in [1.29, 1.82) is 0 Å². The first-order chi connectivity index (χ1) is 17.1. The van der Waals surface area contributed by atoms with Gasteiger partial charge in [-0.05, 0) is 88.0 Å². The van der Waals surface area contributed by atoms with E-state index >= 15 is 0 Å². The molecule has 3 N–H and O–H groups in total. The Morgan fingerprint density at radius 2 is 1.83 bits per heavy atom. The number of para-hydroxylation sites is 1. The van der Waals surface area contributed by atoms with E-state index < -0.39 is 9.84 Å². The van der Waals surface area contributed by atoms with Gasteiger partial charge in [0.25, 0.3) is 0 Å². The van der Waals surface area contributed by atoms with Crippen LogP contribution in [-0.2, 0) is 9.84 Å². The summed E-state index contributed by atoms with van der Waals surface area (Å²) in [5.74, 6) is 1.83. The van der Waals surface area contributed by atoms with Crippen LogP contribution in [0.5, 0.6) is 5.75 Å². The van der Waals surface area contributed by atoms with E-state index in [9.17, 15) is 8.42 Å². The minimum Gasteiger partial charge on any atom is -0.489 e. The van der Waals surface area contributed by atoms with Gasteiger partial charge < -0.3 is 20.7 Å². The maximum absolute atomic E-state index is 12.2. The minimum atomic E-state index is -3.45. The van der Waals surface area contributed by atoms with Gasteiger partial charge in [0.1, 0.15) is 10.8 Å². The zero-order valence-electron chi connectivity index (χ0n) is 20.9. The fraction of sp³-hybridized carbons (Fsp3) is 0.385. The third kappa shape index (κ3) is 6.27. The topological polar surface area (TPSA) is 105 Å². The largest absolute Gasteiger partial charge is 0.489 e. The van der Waals surface area contributed by atoms with Crippen molar-refractivity contribution in [1.82, 2.24) is 15.3 Å². The molecule has 192 valence electrons. The Bertz CT molecular complexity index is 1340. The SMILES string of the molecule is Cc1cc(Nc2ncc(Cl)c(Nc3ccccc3S(C)(=O)=O)n2)c(OC(C)C)cc1C1CCNCC1. The van der Waals surface area contributed by atoms with Crippen molar-refractivity contribution in [3.63, 3.8) is 0 Å². The van der Waals surface area contributed by atoms with E-state index in [2.05, 4.69) is 45.0 Å². The maximum atomic E-state index is 12.2. The number of sulfone groups is 1. The first-order valence-electron chi connectivity index (χ1n) is 12.0. The Morgan fingerprint density at radius 3 is 2.53 bits per heavy atom. The van der Waals surface area contributed by atoms with Gasteiger partial charge in [-0.3, -0.25) is 0 Å². The van der Waals surface area contributed by atoms with E-state index in [0.29, 0.717) is 23.4 Å². The van der Waals surface area contributed by atoms with Crippen LogP contribution in [0.3, 0.4) is 0 Å². The van der Waals surface area contributed by atoms with Crippen LogP contribution in [0, 0.1) is 6.92 Å². The molecule has 2 aromatic carbocycles. The molecule has 1 saturated heterocycles. The monoisotopic (exact) mass is 529 g/mol. The zero-order valence-corrected chi connectivity index (χ0v) is 22.5. The second-order valence-electron chi connectivity index (χ2n) is 9.30. The summed E-state index contributed by atoms with van der Waals surface area (Å²) in [5, 5.41) is 10.0. The highest BCUT2D eigenvalue weighted by molar-refractivity contribution is 7.90. The Hall–Kier alpha value is -2.88. The van der Waals surface area contributed by atoms with Crippen molar-refractivity contribution in [2.75, 3.05) is 30.0 Å². The molecule has 0 spiro atoms. The van der Waals surface area contributed by atoms with Gasteiger partial charge in [-0.25, -0.2) is 13.4 Å². The molecule has 3 aromatic rings. The Morgan fingerprint density at radius 1 is 1.11 bits per heavy atom. The highest BCUT2D eigenvalue weighted by atomic mass is 35.5. The fourth-order valence-electron chi connectivity index (χ4n) is 4.38. The van der Waals surface area contributed by atoms with Gasteiger partial charge in [-0.1, -0.05) is 23.7 Å². The molecule has 0 radical (unpaired) electrons. The lowest BCUT2D eigenvalue weighted by atomic mass is 9.87. The molecule has 0 saturated carbocycles. The summed E-state index contributed by atoms with van der Waals surface area (Å²) >= 11 is 6.35. The van der Waals surface area contributed by atoms with Crippen LogP contribution in [0.25, 0.3) is 0 Å². The molecule has 0 bridgehead atoms. The molecule has 0 amide bonds. The van der Waals surface area contributed by atoms with Crippen LogP contribution in [-0.4, -0.2) is 43.8 Å². The number of benzene rings is 2. The number of halogens is 1. The third-order valence-electron chi connectivity index (χ3n) is 6.04. The average molecular weight is 530 g/mol. The highest BCUT2D eigenvalue weighted by Crippen LogP contribution is 2.37. The zero-order chi connectivity index (χ0) is 25.9. The third-order valence-corrected chi connectivity index (χ3v) is 7.47. The first-order valence-corrected chi connectivity index (χ1v) is 14.3. The van der Waals surface area contributed by atoms with Gasteiger partial charge in [0.2, 0.25) is 5.95 Å². The van der Waals surface area contributed by atoms with Gasteiger partial charge in [-0.2, -0.15) is 4.98 Å². The van der Waals surface area contributed by atoms with E-state index in [1.807, 2.05) is 13.8 Å². The second kappa shape index (κ2) is 11.0. The number of ether oxygens (including phenoxy) is 1. The molecule has 0 aliphatic carbocycles. The number of aromatic nitrogens is 2. The maximum Gasteiger partial charge on any atom is 0.229 e. The van der Waals surface area contributed by atoms with E-state index in [4.69, 9.17) is 16.3 Å². The fourth-order valence-corrected chi connectivity index (χ4v) is 5.36. The summed E-state index contributed by atoms with van der Waals surface area (Å²) in [6, 6.07) is 10.8. The normalized spacial score (nSPS) is 14.6. The Kier molecular flexibility index (Phi) is 8.02. The smallest absolute Gasteiger partial charge is 0.229 e. The lowest BCUT2D eigenvalue weighted by molar-refractivity contribution is 0.243. The van der Waals surface area contributed by atoms with Gasteiger partial charge in [0.15, 0.2) is 15.7 Å². The molecule has 10 heteroatoms. The molecule has 36 heavy (non-hydrogen) atoms. The average Bonchev–Trinajstić information content (AvgIpc) is 2.83. The van der Waals surface area contributed by atoms with Crippen molar-refractivity contribution < 1.29 is 13.2 Å². The lowest BCUT2D eigenvalue weighted by Gasteiger charge is -2.26. The molecular formula is C26H32ClN5O3S. The number of nitrogens with zero attached hydrogens (tertiary/aromatic N) is 2. The van der Waals surface area contributed by atoms with Crippen molar-refractivity contribution in [2.45, 2.75) is 50.5 Å². The van der Waals surface area contributed by atoms with E-state index in [0.717, 1.165) is 43.6 Å². The van der Waals surface area contributed by atoms with Gasteiger partial charge in [-0.15, -0.1) is 0 Å². The Balaban J connectivity index is 1.66. The molecule has 8 nitrogen and oxygen atoms in total. The first kappa shape index (κ1) is 26.2. The molecule has 0 atom stereocenters. The van der Waals surface area contributed by atoms with Crippen molar-refractivity contribution >= 4 is 44.6 Å². The number of hydrogen-bond acceptors (Lipinski definition) is 8. The van der Waals surface area contributed by atoms with Crippen LogP contribution in [0.4, 0.5) is 23.1 Å². The molecule has 1 aromatic heterocycles. The van der Waals surface area contributed by atoms with Crippen LogP contribution in [0.15, 0.2) is 47.5 Å². The van der Waals surface area contributed by atoms with Crippen LogP contribution >= 0.6 is 11.6 Å². The van der Waals surface area contributed by atoms with E-state index in [-0.39, 0.29) is 16.0 Å². The summed E-state index contributed by atoms with van der Waals surface area (Å²) in [6.45, 7) is 8.13. The van der Waals surface area contributed by atoms with Gasteiger partial charge in [0, 0.05) is 6.26 Å². The summed E-state index contributed by atoms with van der Waals surface area (Å²) in [4.78, 5) is 9.02. The van der Waals surface area contributed by atoms with Crippen molar-refractivity contribution in [3.05, 3.63) is 58.7 Å². The molecule has 4 rings (SSSR count). The molecule has 0 unspecified atom stereocenters. The lowest BCUT2D eigenvalue weighted by Crippen LogP contribution is -2.27. The molecular weight excluding hydrogens is 498 g/mol. The van der Waals surface area contributed by atoms with E-state index in [1.54, 1.807) is 18.2 Å². The van der Waals surface area contributed by atoms with Crippen LogP contribution < -0.4 is 20.7 Å². The molecule has 2 heterocycles. The van der Waals surface area contributed by atoms with Crippen LogP contribution in [0.2, 0.25) is 5.02 Å². The summed E-state index contributed by atoms with van der Waals surface area (Å²) < 4.78 is 30.6. The van der Waals surface area contributed by atoms with E-state index in [1.165, 1.54) is 23.4 Å². The number of nitrogens with one attached hydrogen (secondary N) is 3. The second-order valence-corrected chi connectivity index (χ2v) is 11.7. The Labute approximate surface area is 217 Å².